The van der Waals surface area contributed by atoms with Crippen LogP contribution >= 0.6 is 24.8 Å². The van der Waals surface area contributed by atoms with E-state index in [0.717, 1.165) is 5.56 Å². The fraction of sp³-hybridized carbons (Fsp3) is 0.611. The van der Waals surface area contributed by atoms with Crippen molar-refractivity contribution in [2.24, 2.45) is 11.7 Å². The van der Waals surface area contributed by atoms with Crippen LogP contribution in [0.3, 0.4) is 0 Å². The van der Waals surface area contributed by atoms with Crippen LogP contribution in [0.5, 0.6) is 5.75 Å². The highest BCUT2D eigenvalue weighted by atomic mass is 35.5. The van der Waals surface area contributed by atoms with Crippen LogP contribution in [0.25, 0.3) is 0 Å². The van der Waals surface area contributed by atoms with Gasteiger partial charge in [0.25, 0.3) is 0 Å². The Morgan fingerprint density at radius 3 is 2.23 bits per heavy atom. The van der Waals surface area contributed by atoms with Crippen LogP contribution in [0, 0.1) is 5.92 Å². The van der Waals surface area contributed by atoms with Gasteiger partial charge in [-0.2, -0.15) is 0 Å². The van der Waals surface area contributed by atoms with E-state index in [4.69, 9.17) is 15.8 Å². The molecule has 1 unspecified atom stereocenters. The molecule has 7 nitrogen and oxygen atoms in total. The number of nitrogens with two attached hydrogens (primary N) is 1. The summed E-state index contributed by atoms with van der Waals surface area (Å²) in [7, 11) is -1.40. The molecule has 0 aliphatic heterocycles. The van der Waals surface area contributed by atoms with E-state index < -0.39 is 25.0 Å². The number of halogens is 5. The van der Waals surface area contributed by atoms with Crippen LogP contribution in [0.4, 0.5) is 13.2 Å². The number of nitrogens with one attached hydrogen (secondary N) is 1. The maximum absolute atomic E-state index is 12.2. The van der Waals surface area contributed by atoms with Crippen LogP contribution in [-0.2, 0) is 11.3 Å². The van der Waals surface area contributed by atoms with E-state index in [0.29, 0.717) is 32.2 Å². The van der Waals surface area contributed by atoms with Crippen LogP contribution < -0.4 is 15.8 Å². The Hall–Kier alpha value is -1.24. The molecule has 13 heteroatoms. The molecule has 2 rings (SSSR count). The Kier molecular flexibility index (Phi) is 12.2. The van der Waals surface area contributed by atoms with Gasteiger partial charge < -0.3 is 30.9 Å². The molecule has 1 saturated carbocycles. The molecule has 31 heavy (non-hydrogen) atoms. The molecule has 0 spiro atoms. The molecule has 1 fully saturated rings. The third-order valence-electron chi connectivity index (χ3n) is 5.32. The van der Waals surface area contributed by atoms with E-state index in [1.54, 1.807) is 0 Å². The van der Waals surface area contributed by atoms with Crippen LogP contribution in [-0.4, -0.2) is 46.2 Å². The summed E-state index contributed by atoms with van der Waals surface area (Å²) in [6.07, 6.45) is -2.16. The summed E-state index contributed by atoms with van der Waals surface area (Å²) in [5.74, 6) is -1.54. The van der Waals surface area contributed by atoms with E-state index in [2.05, 4.69) is 10.1 Å². The molecule has 0 amide bonds. The molecule has 0 radical (unpaired) electrons. The summed E-state index contributed by atoms with van der Waals surface area (Å²) in [4.78, 5) is 11.7. The number of alkyl halides is 3. The van der Waals surface area contributed by atoms with Crippen molar-refractivity contribution in [1.29, 1.82) is 0 Å². The second-order valence-corrected chi connectivity index (χ2v) is 7.51. The molecule has 178 valence electrons. The average molecular weight is 491 g/mol. The van der Waals surface area contributed by atoms with E-state index in [1.807, 2.05) is 0 Å². The predicted octanol–water partition coefficient (Wildman–Crippen LogP) is 2.72. The van der Waals surface area contributed by atoms with Gasteiger partial charge in [0.15, 0.2) is 0 Å². The molecular formula is C18H28BCl2F3N2O5. The number of benzene rings is 1. The van der Waals surface area contributed by atoms with Crippen molar-refractivity contribution in [2.45, 2.75) is 62.9 Å². The summed E-state index contributed by atoms with van der Waals surface area (Å²) >= 11 is 0. The third kappa shape index (κ3) is 9.42. The van der Waals surface area contributed by atoms with Crippen LogP contribution in [0.2, 0.25) is 6.32 Å². The third-order valence-corrected chi connectivity index (χ3v) is 5.32. The van der Waals surface area contributed by atoms with E-state index in [1.165, 1.54) is 24.3 Å². The van der Waals surface area contributed by atoms with Gasteiger partial charge in [-0.1, -0.05) is 25.0 Å². The molecule has 1 aliphatic rings. The largest absolute Gasteiger partial charge is 0.573 e. The lowest BCUT2D eigenvalue weighted by Gasteiger charge is -2.45. The zero-order valence-corrected chi connectivity index (χ0v) is 18.3. The first-order valence-electron chi connectivity index (χ1n) is 9.46. The topological polar surface area (TPSA) is 125 Å². The molecule has 1 aromatic carbocycles. The van der Waals surface area contributed by atoms with E-state index >= 15 is 0 Å². The number of unbranched alkanes of at least 4 members (excludes halogenated alkanes) is 1. The Morgan fingerprint density at radius 1 is 1.16 bits per heavy atom. The zero-order chi connectivity index (χ0) is 21.7. The van der Waals surface area contributed by atoms with Gasteiger partial charge in [0, 0.05) is 12.6 Å². The molecule has 1 atom stereocenters. The van der Waals surface area contributed by atoms with Crippen molar-refractivity contribution in [2.75, 3.05) is 0 Å². The minimum Gasteiger partial charge on any atom is -0.480 e. The lowest BCUT2D eigenvalue weighted by molar-refractivity contribution is -0.274. The van der Waals surface area contributed by atoms with Crippen molar-refractivity contribution in [3.8, 4) is 5.75 Å². The van der Waals surface area contributed by atoms with Crippen molar-refractivity contribution >= 4 is 37.9 Å². The number of carbonyl (C=O) groups is 1. The number of hydrogen-bond acceptors (Lipinski definition) is 6. The van der Waals surface area contributed by atoms with Gasteiger partial charge in [-0.15, -0.1) is 38.0 Å². The smallest absolute Gasteiger partial charge is 0.480 e. The number of ether oxygens (including phenoxy) is 1. The van der Waals surface area contributed by atoms with Crippen molar-refractivity contribution in [3.63, 3.8) is 0 Å². The Bertz CT molecular complexity index is 679. The van der Waals surface area contributed by atoms with Gasteiger partial charge in [0.1, 0.15) is 11.3 Å². The normalized spacial score (nSPS) is 19.8. The Balaban J connectivity index is 0.00000450. The van der Waals surface area contributed by atoms with Gasteiger partial charge in [0.2, 0.25) is 0 Å². The van der Waals surface area contributed by atoms with Crippen LogP contribution in [0.15, 0.2) is 24.3 Å². The molecule has 1 aromatic rings. The number of aliphatic carboxylic acids is 1. The lowest BCUT2D eigenvalue weighted by Crippen LogP contribution is -2.61. The number of carboxylic acid groups (broad SMARTS) is 1. The molecule has 0 heterocycles. The highest BCUT2D eigenvalue weighted by molar-refractivity contribution is 6.40. The Morgan fingerprint density at radius 2 is 1.74 bits per heavy atom. The van der Waals surface area contributed by atoms with Gasteiger partial charge in [-0.05, 0) is 49.2 Å². The van der Waals surface area contributed by atoms with Gasteiger partial charge in [-0.25, -0.2) is 0 Å². The summed E-state index contributed by atoms with van der Waals surface area (Å²) in [5, 5.41) is 30.5. The monoisotopic (exact) mass is 490 g/mol. The van der Waals surface area contributed by atoms with Gasteiger partial charge in [-0.3, -0.25) is 4.79 Å². The van der Waals surface area contributed by atoms with Crippen molar-refractivity contribution < 1.29 is 37.9 Å². The summed E-state index contributed by atoms with van der Waals surface area (Å²) in [6.45, 7) is 0.433. The average Bonchev–Trinajstić information content (AvgIpc) is 2.57. The fourth-order valence-corrected chi connectivity index (χ4v) is 3.51. The fourth-order valence-electron chi connectivity index (χ4n) is 3.51. The SMILES string of the molecule is Cl.Cl.NC(CCCCB(O)O)(C(=O)O)[C@H]1C[C@@H](NCc2ccc(OC(F)(F)F)cc2)C1. The number of rotatable bonds is 11. The molecule has 1 aliphatic carbocycles. The van der Waals surface area contributed by atoms with E-state index in [9.17, 15) is 23.1 Å². The first-order chi connectivity index (χ1) is 13.5. The second-order valence-electron chi connectivity index (χ2n) is 7.51. The highest BCUT2D eigenvalue weighted by Crippen LogP contribution is 2.38. The molecule has 6 N–H and O–H groups in total. The van der Waals surface area contributed by atoms with Gasteiger partial charge in [0.05, 0.1) is 0 Å². The number of carboxylic acids is 1. The maximum atomic E-state index is 12.2. The highest BCUT2D eigenvalue weighted by Gasteiger charge is 2.48. The van der Waals surface area contributed by atoms with Crippen LogP contribution in [0.1, 0.15) is 37.7 Å². The van der Waals surface area contributed by atoms with Gasteiger partial charge >= 0.3 is 19.5 Å². The first kappa shape index (κ1) is 29.8. The predicted molar refractivity (Wildman–Crippen MR) is 114 cm³/mol. The molecule has 0 aromatic heterocycles. The van der Waals surface area contributed by atoms with Crippen molar-refractivity contribution in [1.82, 2.24) is 5.32 Å². The maximum Gasteiger partial charge on any atom is 0.573 e. The lowest BCUT2D eigenvalue weighted by atomic mass is 9.66. The standard InChI is InChI=1S/C18H26BF3N2O5.2ClH/c20-18(21,22)29-15-5-3-12(4-6-15)11-24-14-9-13(10-14)17(23,16(25)26)7-1-2-8-19(27)28;;/h3-6,13-14,24,27-28H,1-2,7-11,23H2,(H,25,26);2*1H/t13-,14+,17?;;. The number of hydrogen-bond donors (Lipinski definition) is 5. The Labute approximate surface area is 191 Å². The van der Waals surface area contributed by atoms with E-state index in [-0.39, 0.29) is 55.3 Å². The first-order valence-corrected chi connectivity index (χ1v) is 9.46. The summed E-state index contributed by atoms with van der Waals surface area (Å²) in [6, 6.07) is 5.63. The minimum atomic E-state index is -4.72. The van der Waals surface area contributed by atoms with Crippen molar-refractivity contribution in [3.05, 3.63) is 29.8 Å². The zero-order valence-electron chi connectivity index (χ0n) is 16.7. The second kappa shape index (κ2) is 12.7. The molecule has 0 bridgehead atoms. The minimum absolute atomic E-state index is 0. The molecular weight excluding hydrogens is 463 g/mol. The quantitative estimate of drug-likeness (QED) is 0.238. The summed E-state index contributed by atoms with van der Waals surface area (Å²) < 4.78 is 40.3. The molecule has 0 saturated heterocycles. The summed E-state index contributed by atoms with van der Waals surface area (Å²) in [5.41, 5.74) is 5.57.